The molecule has 0 saturated heterocycles. The maximum absolute atomic E-state index is 11.9. The van der Waals surface area contributed by atoms with Crippen LogP contribution in [0.2, 0.25) is 5.02 Å². The Balaban J connectivity index is 3.27. The lowest BCUT2D eigenvalue weighted by Gasteiger charge is -2.13. The highest BCUT2D eigenvalue weighted by Crippen LogP contribution is 2.34. The van der Waals surface area contributed by atoms with Crippen LogP contribution >= 0.6 is 11.6 Å². The van der Waals surface area contributed by atoms with E-state index >= 15 is 0 Å². The molecule has 1 amide bonds. The third-order valence-electron chi connectivity index (χ3n) is 2.74. The van der Waals surface area contributed by atoms with Crippen molar-refractivity contribution >= 4 is 28.9 Å². The molecule has 0 radical (unpaired) electrons. The Kier molecular flexibility index (Phi) is 5.56. The molecule has 1 aromatic carbocycles. The molecule has 10 heteroatoms. The maximum atomic E-state index is 11.9. The number of carbonyl (C=O) groups excluding carboxylic acids is 1. The van der Waals surface area contributed by atoms with Crippen molar-refractivity contribution in [1.82, 2.24) is 5.32 Å². The molecule has 9 nitrogen and oxygen atoms in total. The summed E-state index contributed by atoms with van der Waals surface area (Å²) in [6.45, 7) is 1.40. The average molecular weight is 318 g/mol. The molecule has 2 N–H and O–H groups in total. The summed E-state index contributed by atoms with van der Waals surface area (Å²) in [5.74, 6) is -0.765. The van der Waals surface area contributed by atoms with Crippen molar-refractivity contribution in [2.75, 3.05) is 6.61 Å². The van der Waals surface area contributed by atoms with Gasteiger partial charge in [0, 0.05) is 12.1 Å². The number of nitro benzene ring substituents is 2. The van der Waals surface area contributed by atoms with Gasteiger partial charge in [0.25, 0.3) is 17.3 Å². The number of benzene rings is 1. The van der Waals surface area contributed by atoms with Gasteiger partial charge < -0.3 is 10.4 Å². The van der Waals surface area contributed by atoms with E-state index in [9.17, 15) is 25.0 Å². The van der Waals surface area contributed by atoms with Crippen LogP contribution in [0.15, 0.2) is 12.1 Å². The normalized spacial score (nSPS) is 11.8. The fourth-order valence-electron chi connectivity index (χ4n) is 1.54. The van der Waals surface area contributed by atoms with Gasteiger partial charge in [-0.25, -0.2) is 0 Å². The minimum atomic E-state index is -0.907. The summed E-state index contributed by atoms with van der Waals surface area (Å²) in [5, 5.41) is 32.4. The largest absolute Gasteiger partial charge is 0.394 e. The minimum absolute atomic E-state index is 0.273. The fraction of sp³-hybridized carbons (Fsp3) is 0.364. The molecule has 1 rings (SSSR count). The van der Waals surface area contributed by atoms with E-state index in [4.69, 9.17) is 16.7 Å². The van der Waals surface area contributed by atoms with Crippen LogP contribution in [-0.2, 0) is 0 Å². The Morgan fingerprint density at radius 1 is 1.33 bits per heavy atom. The highest BCUT2D eigenvalue weighted by Gasteiger charge is 2.27. The highest BCUT2D eigenvalue weighted by atomic mass is 35.5. The number of nitrogens with one attached hydrogen (secondary N) is 1. The van der Waals surface area contributed by atoms with Gasteiger partial charge in [-0.3, -0.25) is 25.0 Å². The van der Waals surface area contributed by atoms with Gasteiger partial charge in [0.05, 0.1) is 28.1 Å². The topological polar surface area (TPSA) is 136 Å². The third kappa shape index (κ3) is 3.86. The van der Waals surface area contributed by atoms with Crippen LogP contribution in [0, 0.1) is 20.2 Å². The molecule has 0 aliphatic rings. The number of nitrogens with zero attached hydrogens (tertiary/aromatic N) is 2. The number of rotatable bonds is 6. The molecule has 0 bridgehead atoms. The molecule has 0 saturated carbocycles. The number of hydrogen-bond donors (Lipinski definition) is 2. The van der Waals surface area contributed by atoms with Gasteiger partial charge in [-0.2, -0.15) is 0 Å². The quantitative estimate of drug-likeness (QED) is 0.604. The van der Waals surface area contributed by atoms with Gasteiger partial charge in [-0.15, -0.1) is 0 Å². The van der Waals surface area contributed by atoms with E-state index in [2.05, 4.69) is 5.32 Å². The Morgan fingerprint density at radius 2 is 1.81 bits per heavy atom. The van der Waals surface area contributed by atoms with Gasteiger partial charge in [0.1, 0.15) is 0 Å². The fourth-order valence-corrected chi connectivity index (χ4v) is 1.78. The van der Waals surface area contributed by atoms with Gasteiger partial charge in [0.2, 0.25) is 0 Å². The predicted octanol–water partition coefficient (Wildman–Crippen LogP) is 1.66. The molecule has 21 heavy (non-hydrogen) atoms. The molecule has 1 atom stereocenters. The van der Waals surface area contributed by atoms with Crippen molar-refractivity contribution in [3.63, 3.8) is 0 Å². The number of carbonyl (C=O) groups is 1. The van der Waals surface area contributed by atoms with Crippen LogP contribution in [0.25, 0.3) is 0 Å². The van der Waals surface area contributed by atoms with Crippen LogP contribution in [0.3, 0.4) is 0 Å². The van der Waals surface area contributed by atoms with E-state index in [-0.39, 0.29) is 12.2 Å². The van der Waals surface area contributed by atoms with Gasteiger partial charge in [-0.05, 0) is 6.42 Å². The first-order chi connectivity index (χ1) is 9.81. The van der Waals surface area contributed by atoms with Crippen molar-refractivity contribution in [2.45, 2.75) is 19.4 Å². The standard InChI is InChI=1S/C11H12ClN3O6/c1-2-7(5-16)13-11(17)6-3-8(14(18)19)10(12)9(4-6)15(20)21/h3-4,7,16H,2,5H2,1H3,(H,13,17)/t7-/m1/s1. The summed E-state index contributed by atoms with van der Waals surface area (Å²) >= 11 is 5.58. The molecular weight excluding hydrogens is 306 g/mol. The van der Waals surface area contributed by atoms with E-state index < -0.39 is 38.2 Å². The summed E-state index contributed by atoms with van der Waals surface area (Å²) < 4.78 is 0. The second-order valence-corrected chi connectivity index (χ2v) is 4.48. The molecule has 1 aromatic rings. The van der Waals surface area contributed by atoms with E-state index in [0.717, 1.165) is 12.1 Å². The number of aliphatic hydroxyl groups is 1. The SMILES string of the molecule is CC[C@H](CO)NC(=O)c1cc([N+](=O)[O-])c(Cl)c([N+](=O)[O-])c1. The van der Waals surface area contributed by atoms with E-state index in [0.29, 0.717) is 6.42 Å². The number of halogens is 1. The summed E-state index contributed by atoms with van der Waals surface area (Å²) in [6.07, 6.45) is 0.431. The van der Waals surface area contributed by atoms with Crippen LogP contribution in [-0.4, -0.2) is 33.5 Å². The van der Waals surface area contributed by atoms with Crippen LogP contribution < -0.4 is 5.32 Å². The number of amides is 1. The lowest BCUT2D eigenvalue weighted by atomic mass is 10.1. The van der Waals surface area contributed by atoms with Crippen molar-refractivity contribution in [3.8, 4) is 0 Å². The first-order valence-electron chi connectivity index (χ1n) is 5.85. The Morgan fingerprint density at radius 3 is 2.14 bits per heavy atom. The van der Waals surface area contributed by atoms with E-state index in [1.54, 1.807) is 6.92 Å². The van der Waals surface area contributed by atoms with Gasteiger partial charge in [-0.1, -0.05) is 18.5 Å². The zero-order valence-electron chi connectivity index (χ0n) is 10.9. The van der Waals surface area contributed by atoms with Crippen molar-refractivity contribution in [3.05, 3.63) is 42.9 Å². The molecule has 114 valence electrons. The number of aliphatic hydroxyl groups excluding tert-OH is 1. The third-order valence-corrected chi connectivity index (χ3v) is 3.13. The zero-order chi connectivity index (χ0) is 16.2. The number of hydrogen-bond acceptors (Lipinski definition) is 6. The zero-order valence-corrected chi connectivity index (χ0v) is 11.7. The van der Waals surface area contributed by atoms with Crippen LogP contribution in [0.5, 0.6) is 0 Å². The molecule has 0 aromatic heterocycles. The van der Waals surface area contributed by atoms with E-state index in [1.165, 1.54) is 0 Å². The summed E-state index contributed by atoms with van der Waals surface area (Å²) in [6, 6.07) is 1.16. The average Bonchev–Trinajstić information content (AvgIpc) is 2.43. The molecule has 0 aliphatic heterocycles. The van der Waals surface area contributed by atoms with E-state index in [1.807, 2.05) is 0 Å². The summed E-state index contributed by atoms with van der Waals surface area (Å²) in [7, 11) is 0. The van der Waals surface area contributed by atoms with Crippen molar-refractivity contribution in [2.24, 2.45) is 0 Å². The second-order valence-electron chi connectivity index (χ2n) is 4.10. The van der Waals surface area contributed by atoms with Crippen molar-refractivity contribution < 1.29 is 19.7 Å². The first-order valence-corrected chi connectivity index (χ1v) is 6.23. The Hall–Kier alpha value is -2.26. The lowest BCUT2D eigenvalue weighted by molar-refractivity contribution is -0.393. The molecule has 0 fully saturated rings. The predicted molar refractivity (Wildman–Crippen MR) is 73.4 cm³/mol. The monoisotopic (exact) mass is 317 g/mol. The van der Waals surface area contributed by atoms with Gasteiger partial charge >= 0.3 is 0 Å². The molecule has 0 unspecified atom stereocenters. The Bertz CT molecular complexity index is 552. The summed E-state index contributed by atoms with van der Waals surface area (Å²) in [5.41, 5.74) is -1.73. The summed E-state index contributed by atoms with van der Waals surface area (Å²) in [4.78, 5) is 31.8. The smallest absolute Gasteiger partial charge is 0.295 e. The second kappa shape index (κ2) is 6.95. The maximum Gasteiger partial charge on any atom is 0.295 e. The van der Waals surface area contributed by atoms with Gasteiger partial charge in [0.15, 0.2) is 5.02 Å². The molecule has 0 spiro atoms. The van der Waals surface area contributed by atoms with Crippen molar-refractivity contribution in [1.29, 1.82) is 0 Å². The lowest BCUT2D eigenvalue weighted by Crippen LogP contribution is -2.36. The molecular formula is C11H12ClN3O6. The minimum Gasteiger partial charge on any atom is -0.394 e. The Labute approximate surface area is 123 Å². The van der Waals surface area contributed by atoms with Crippen LogP contribution in [0.1, 0.15) is 23.7 Å². The highest BCUT2D eigenvalue weighted by molar-refractivity contribution is 6.35. The van der Waals surface area contributed by atoms with Crippen LogP contribution in [0.4, 0.5) is 11.4 Å². The number of nitro groups is 2. The molecule has 0 aliphatic carbocycles. The first kappa shape index (κ1) is 16.8. The molecule has 0 heterocycles.